The first-order chi connectivity index (χ1) is 9.67. The zero-order chi connectivity index (χ0) is 14.5. The minimum Gasteiger partial charge on any atom is -0.496 e. The number of rotatable bonds is 6. The van der Waals surface area contributed by atoms with Gasteiger partial charge in [-0.2, -0.15) is 0 Å². The van der Waals surface area contributed by atoms with E-state index in [1.165, 1.54) is 22.0 Å². The van der Waals surface area contributed by atoms with Crippen molar-refractivity contribution in [2.75, 3.05) is 14.2 Å². The van der Waals surface area contributed by atoms with Gasteiger partial charge in [-0.15, -0.1) is 5.10 Å². The number of hydrogen-bond donors (Lipinski definition) is 1. The second kappa shape index (κ2) is 6.81. The van der Waals surface area contributed by atoms with Crippen LogP contribution in [0.4, 0.5) is 0 Å². The summed E-state index contributed by atoms with van der Waals surface area (Å²) in [5, 5.41) is 7.64. The predicted molar refractivity (Wildman–Crippen MR) is 82.5 cm³/mol. The summed E-state index contributed by atoms with van der Waals surface area (Å²) >= 11 is 1.48. The molecule has 0 saturated heterocycles. The Morgan fingerprint density at radius 2 is 2.05 bits per heavy atom. The van der Waals surface area contributed by atoms with Crippen molar-refractivity contribution >= 4 is 11.5 Å². The first-order valence-electron chi connectivity index (χ1n) is 6.78. The van der Waals surface area contributed by atoms with Crippen LogP contribution in [0.25, 0.3) is 0 Å². The van der Waals surface area contributed by atoms with Crippen molar-refractivity contribution in [3.63, 3.8) is 0 Å². The topological polar surface area (TPSA) is 47.0 Å². The lowest BCUT2D eigenvalue weighted by atomic mass is 10.00. The van der Waals surface area contributed by atoms with Gasteiger partial charge in [0.25, 0.3) is 0 Å². The molecule has 1 aromatic carbocycles. The molecular weight excluding hydrogens is 270 g/mol. The van der Waals surface area contributed by atoms with E-state index in [2.05, 4.69) is 34.8 Å². The van der Waals surface area contributed by atoms with Gasteiger partial charge in [-0.05, 0) is 42.5 Å². The van der Waals surface area contributed by atoms with E-state index in [9.17, 15) is 0 Å². The van der Waals surface area contributed by atoms with Gasteiger partial charge in [0.2, 0.25) is 0 Å². The van der Waals surface area contributed by atoms with Gasteiger partial charge >= 0.3 is 0 Å². The summed E-state index contributed by atoms with van der Waals surface area (Å²) in [6.45, 7) is 4.30. The quantitative estimate of drug-likeness (QED) is 0.888. The first-order valence-corrected chi connectivity index (χ1v) is 7.56. The maximum atomic E-state index is 5.43. The van der Waals surface area contributed by atoms with Crippen molar-refractivity contribution in [1.29, 1.82) is 0 Å². The van der Waals surface area contributed by atoms with Gasteiger partial charge in [0.15, 0.2) is 0 Å². The Balaban J connectivity index is 2.27. The lowest BCUT2D eigenvalue weighted by Gasteiger charge is -2.18. The van der Waals surface area contributed by atoms with E-state index in [-0.39, 0.29) is 6.04 Å². The smallest absolute Gasteiger partial charge is 0.122 e. The number of aromatic nitrogens is 2. The molecule has 0 fully saturated rings. The Morgan fingerprint density at radius 3 is 2.70 bits per heavy atom. The zero-order valence-electron chi connectivity index (χ0n) is 12.4. The summed E-state index contributed by atoms with van der Waals surface area (Å²) in [5.74, 6) is 1.31. The number of nitrogens with zero attached hydrogens (tertiary/aromatic N) is 2. The molecule has 0 radical (unpaired) electrons. The Morgan fingerprint density at radius 1 is 1.30 bits per heavy atom. The van der Waals surface area contributed by atoms with Crippen LogP contribution in [0.15, 0.2) is 24.3 Å². The van der Waals surface area contributed by atoms with Gasteiger partial charge in [0.1, 0.15) is 5.75 Å². The number of benzene rings is 1. The Labute approximate surface area is 124 Å². The van der Waals surface area contributed by atoms with Gasteiger partial charge in [0.05, 0.1) is 17.7 Å². The molecule has 0 amide bonds. The minimum atomic E-state index is 0.212. The van der Waals surface area contributed by atoms with E-state index in [1.54, 1.807) is 7.11 Å². The van der Waals surface area contributed by atoms with E-state index in [4.69, 9.17) is 4.74 Å². The summed E-state index contributed by atoms with van der Waals surface area (Å²) in [7, 11) is 3.69. The SMILES string of the molecule is CNC(Cc1ccccc1OC)c1snnc1C(C)C. The second-order valence-electron chi connectivity index (χ2n) is 5.03. The molecule has 108 valence electrons. The number of nitrogens with one attached hydrogen (secondary N) is 1. The van der Waals surface area contributed by atoms with Gasteiger partial charge in [-0.3, -0.25) is 0 Å². The highest BCUT2D eigenvalue weighted by Crippen LogP contribution is 2.30. The first kappa shape index (κ1) is 14.9. The van der Waals surface area contributed by atoms with Gasteiger partial charge in [-0.25, -0.2) is 0 Å². The molecule has 1 aromatic heterocycles. The van der Waals surface area contributed by atoms with E-state index < -0.39 is 0 Å². The summed E-state index contributed by atoms with van der Waals surface area (Å²) in [4.78, 5) is 1.22. The molecule has 20 heavy (non-hydrogen) atoms. The molecule has 1 atom stereocenters. The molecule has 1 unspecified atom stereocenters. The largest absolute Gasteiger partial charge is 0.496 e. The molecule has 5 heteroatoms. The van der Waals surface area contributed by atoms with Gasteiger partial charge < -0.3 is 10.1 Å². The summed E-state index contributed by atoms with van der Waals surface area (Å²) < 4.78 is 9.55. The average Bonchev–Trinajstić information content (AvgIpc) is 2.94. The third kappa shape index (κ3) is 3.16. The van der Waals surface area contributed by atoms with Crippen molar-refractivity contribution in [1.82, 2.24) is 14.9 Å². The lowest BCUT2D eigenvalue weighted by molar-refractivity contribution is 0.406. The molecule has 2 rings (SSSR count). The summed E-state index contributed by atoms with van der Waals surface area (Å²) in [6, 6.07) is 8.34. The summed E-state index contributed by atoms with van der Waals surface area (Å²) in [6.07, 6.45) is 0.865. The fourth-order valence-electron chi connectivity index (χ4n) is 2.26. The molecule has 4 nitrogen and oxygen atoms in total. The maximum Gasteiger partial charge on any atom is 0.122 e. The highest BCUT2D eigenvalue weighted by Gasteiger charge is 2.21. The Bertz CT molecular complexity index is 554. The number of hydrogen-bond acceptors (Lipinski definition) is 5. The molecule has 2 aromatic rings. The molecule has 1 heterocycles. The number of ether oxygens (including phenoxy) is 1. The summed E-state index contributed by atoms with van der Waals surface area (Å²) in [5.41, 5.74) is 2.28. The van der Waals surface area contributed by atoms with Crippen LogP contribution in [0, 0.1) is 0 Å². The zero-order valence-corrected chi connectivity index (χ0v) is 13.2. The van der Waals surface area contributed by atoms with Crippen molar-refractivity contribution in [3.05, 3.63) is 40.4 Å². The number of likely N-dealkylation sites (N-methyl/N-ethyl adjacent to an activating group) is 1. The van der Waals surface area contributed by atoms with E-state index >= 15 is 0 Å². The lowest BCUT2D eigenvalue weighted by Crippen LogP contribution is -2.19. The molecule has 0 saturated carbocycles. The molecule has 0 bridgehead atoms. The minimum absolute atomic E-state index is 0.212. The van der Waals surface area contributed by atoms with Crippen LogP contribution < -0.4 is 10.1 Å². The van der Waals surface area contributed by atoms with Crippen LogP contribution in [0.1, 0.15) is 41.9 Å². The fourth-order valence-corrected chi connectivity index (χ4v) is 3.18. The Hall–Kier alpha value is -1.46. The van der Waals surface area contributed by atoms with Crippen molar-refractivity contribution in [2.24, 2.45) is 0 Å². The highest BCUT2D eigenvalue weighted by molar-refractivity contribution is 7.05. The Kier molecular flexibility index (Phi) is 5.09. The van der Waals surface area contributed by atoms with E-state index in [1.807, 2.05) is 25.2 Å². The van der Waals surface area contributed by atoms with Crippen LogP contribution in [-0.4, -0.2) is 23.7 Å². The highest BCUT2D eigenvalue weighted by atomic mass is 32.1. The molecule has 0 aliphatic rings. The number of methoxy groups -OCH3 is 1. The van der Waals surface area contributed by atoms with Gasteiger partial charge in [0, 0.05) is 6.04 Å². The van der Waals surface area contributed by atoms with Crippen LogP contribution in [0.5, 0.6) is 5.75 Å². The van der Waals surface area contributed by atoms with Crippen molar-refractivity contribution in [2.45, 2.75) is 32.2 Å². The van der Waals surface area contributed by atoms with Crippen LogP contribution in [0.2, 0.25) is 0 Å². The van der Waals surface area contributed by atoms with E-state index in [0.717, 1.165) is 17.9 Å². The molecule has 0 aliphatic carbocycles. The van der Waals surface area contributed by atoms with Crippen molar-refractivity contribution in [3.8, 4) is 5.75 Å². The van der Waals surface area contributed by atoms with Crippen LogP contribution >= 0.6 is 11.5 Å². The van der Waals surface area contributed by atoms with Gasteiger partial charge in [-0.1, -0.05) is 36.5 Å². The second-order valence-corrected chi connectivity index (χ2v) is 5.82. The van der Waals surface area contributed by atoms with Crippen molar-refractivity contribution < 1.29 is 4.74 Å². The fraction of sp³-hybridized carbons (Fsp3) is 0.467. The van der Waals surface area contributed by atoms with Crippen LogP contribution in [-0.2, 0) is 6.42 Å². The third-order valence-corrected chi connectivity index (χ3v) is 4.22. The predicted octanol–water partition coefficient (Wildman–Crippen LogP) is 3.17. The third-order valence-electron chi connectivity index (χ3n) is 3.37. The van der Waals surface area contributed by atoms with Crippen LogP contribution in [0.3, 0.4) is 0 Å². The standard InChI is InChI=1S/C15H21N3OS/c1-10(2)14-15(20-18-17-14)12(16-3)9-11-7-5-6-8-13(11)19-4/h5-8,10,12,16H,9H2,1-4H3. The monoisotopic (exact) mass is 291 g/mol. The molecule has 1 N–H and O–H groups in total. The normalized spacial score (nSPS) is 12.7. The average molecular weight is 291 g/mol. The molecule has 0 aliphatic heterocycles. The number of para-hydroxylation sites is 1. The molecular formula is C15H21N3OS. The molecule has 0 spiro atoms. The van der Waals surface area contributed by atoms with E-state index in [0.29, 0.717) is 5.92 Å². The maximum absolute atomic E-state index is 5.43.